The lowest BCUT2D eigenvalue weighted by Gasteiger charge is -2.10. The van der Waals surface area contributed by atoms with Crippen LogP contribution < -0.4 is 0 Å². The smallest absolute Gasteiger partial charge is 0.135 e. The number of rotatable bonds is 7. The second-order valence-electron chi connectivity index (χ2n) is 3.17. The number of ether oxygens (including phenoxy) is 1. The predicted octanol–water partition coefficient (Wildman–Crippen LogP) is 2.42. The van der Waals surface area contributed by atoms with Gasteiger partial charge in [-0.25, -0.2) is 0 Å². The van der Waals surface area contributed by atoms with Crippen LogP contribution in [0.1, 0.15) is 39.5 Å². The standard InChI is InChI=1S/C10H20O2/c1-4-9(5-2)8-10(11)6-7-12-3/h9H,4-8H2,1-3H3. The fourth-order valence-electron chi connectivity index (χ4n) is 1.22. The van der Waals surface area contributed by atoms with E-state index in [0.717, 1.165) is 19.3 Å². The SMILES string of the molecule is CCC(CC)CC(=O)CCOC. The molecule has 0 heterocycles. The van der Waals surface area contributed by atoms with Gasteiger partial charge in [0.1, 0.15) is 5.78 Å². The maximum atomic E-state index is 11.3. The van der Waals surface area contributed by atoms with E-state index in [0.29, 0.717) is 24.7 Å². The summed E-state index contributed by atoms with van der Waals surface area (Å²) in [4.78, 5) is 11.3. The number of methoxy groups -OCH3 is 1. The Kier molecular flexibility index (Phi) is 7.06. The summed E-state index contributed by atoms with van der Waals surface area (Å²) in [6.07, 6.45) is 3.52. The van der Waals surface area contributed by atoms with E-state index >= 15 is 0 Å². The van der Waals surface area contributed by atoms with Crippen LogP contribution in [0, 0.1) is 5.92 Å². The molecule has 0 aliphatic heterocycles. The molecule has 2 nitrogen and oxygen atoms in total. The van der Waals surface area contributed by atoms with Gasteiger partial charge in [0.2, 0.25) is 0 Å². The van der Waals surface area contributed by atoms with E-state index in [1.54, 1.807) is 7.11 Å². The summed E-state index contributed by atoms with van der Waals surface area (Å²) in [6, 6.07) is 0. The van der Waals surface area contributed by atoms with Crippen LogP contribution in [0.3, 0.4) is 0 Å². The molecule has 0 N–H and O–H groups in total. The summed E-state index contributed by atoms with van der Waals surface area (Å²) >= 11 is 0. The van der Waals surface area contributed by atoms with Gasteiger partial charge in [0.15, 0.2) is 0 Å². The predicted molar refractivity (Wildman–Crippen MR) is 50.2 cm³/mol. The summed E-state index contributed by atoms with van der Waals surface area (Å²) in [5.41, 5.74) is 0. The molecule has 0 bridgehead atoms. The van der Waals surface area contributed by atoms with Crippen molar-refractivity contribution >= 4 is 5.78 Å². The topological polar surface area (TPSA) is 26.3 Å². The molecule has 0 saturated heterocycles. The van der Waals surface area contributed by atoms with Gasteiger partial charge in [-0.2, -0.15) is 0 Å². The maximum absolute atomic E-state index is 11.3. The number of carbonyl (C=O) groups is 1. The van der Waals surface area contributed by atoms with Gasteiger partial charge >= 0.3 is 0 Å². The van der Waals surface area contributed by atoms with Crippen LogP contribution in [0.2, 0.25) is 0 Å². The van der Waals surface area contributed by atoms with Gasteiger partial charge in [-0.05, 0) is 5.92 Å². The fourth-order valence-corrected chi connectivity index (χ4v) is 1.22. The number of Topliss-reactive ketones (excluding diaryl/α,β-unsaturated/α-hetero) is 1. The molecule has 0 aliphatic rings. The van der Waals surface area contributed by atoms with Crippen LogP contribution in [-0.4, -0.2) is 19.5 Å². The zero-order valence-electron chi connectivity index (χ0n) is 8.43. The van der Waals surface area contributed by atoms with Crippen LogP contribution in [0.4, 0.5) is 0 Å². The Labute approximate surface area is 75.3 Å². The molecule has 0 fully saturated rings. The lowest BCUT2D eigenvalue weighted by Crippen LogP contribution is -2.09. The van der Waals surface area contributed by atoms with E-state index in [1.165, 1.54) is 0 Å². The highest BCUT2D eigenvalue weighted by molar-refractivity contribution is 5.78. The zero-order valence-corrected chi connectivity index (χ0v) is 8.43. The minimum absolute atomic E-state index is 0.338. The zero-order chi connectivity index (χ0) is 9.40. The normalized spacial score (nSPS) is 10.7. The Hall–Kier alpha value is -0.370. The molecule has 72 valence electrons. The third-order valence-corrected chi connectivity index (χ3v) is 2.26. The highest BCUT2D eigenvalue weighted by Crippen LogP contribution is 2.13. The largest absolute Gasteiger partial charge is 0.384 e. The van der Waals surface area contributed by atoms with Gasteiger partial charge < -0.3 is 4.74 Å². The van der Waals surface area contributed by atoms with E-state index in [1.807, 2.05) is 0 Å². The monoisotopic (exact) mass is 172 g/mol. The summed E-state index contributed by atoms with van der Waals surface area (Å²) in [7, 11) is 1.63. The molecule has 0 aromatic heterocycles. The molecule has 0 saturated carbocycles. The van der Waals surface area contributed by atoms with Gasteiger partial charge in [-0.1, -0.05) is 26.7 Å². The molecule has 0 aliphatic carbocycles. The number of carbonyl (C=O) groups excluding carboxylic acids is 1. The van der Waals surface area contributed by atoms with E-state index in [-0.39, 0.29) is 0 Å². The fraction of sp³-hybridized carbons (Fsp3) is 0.900. The van der Waals surface area contributed by atoms with Crippen LogP contribution >= 0.6 is 0 Å². The first-order valence-corrected chi connectivity index (χ1v) is 4.75. The van der Waals surface area contributed by atoms with Crippen LogP contribution in [0.25, 0.3) is 0 Å². The summed E-state index contributed by atoms with van der Waals surface area (Å²) in [5.74, 6) is 0.917. The number of hydrogen-bond acceptors (Lipinski definition) is 2. The molecule has 0 aromatic carbocycles. The molecule has 12 heavy (non-hydrogen) atoms. The van der Waals surface area contributed by atoms with E-state index in [9.17, 15) is 4.79 Å². The molecule has 0 spiro atoms. The first-order chi connectivity index (χ1) is 5.74. The van der Waals surface area contributed by atoms with E-state index in [4.69, 9.17) is 4.74 Å². The third-order valence-electron chi connectivity index (χ3n) is 2.26. The van der Waals surface area contributed by atoms with Crippen LogP contribution in [0.15, 0.2) is 0 Å². The molecule has 0 radical (unpaired) electrons. The van der Waals surface area contributed by atoms with Crippen molar-refractivity contribution in [3.05, 3.63) is 0 Å². The Morgan fingerprint density at radius 1 is 1.33 bits per heavy atom. The van der Waals surface area contributed by atoms with Gasteiger partial charge in [-0.15, -0.1) is 0 Å². The highest BCUT2D eigenvalue weighted by atomic mass is 16.5. The van der Waals surface area contributed by atoms with Crippen molar-refractivity contribution in [3.63, 3.8) is 0 Å². The Balaban J connectivity index is 3.52. The number of ketones is 1. The van der Waals surface area contributed by atoms with Gasteiger partial charge in [0, 0.05) is 20.0 Å². The third kappa shape index (κ3) is 5.30. The van der Waals surface area contributed by atoms with E-state index in [2.05, 4.69) is 13.8 Å². The molecule has 0 amide bonds. The Bertz CT molecular complexity index is 117. The van der Waals surface area contributed by atoms with Crippen molar-refractivity contribution in [2.24, 2.45) is 5.92 Å². The summed E-state index contributed by atoms with van der Waals surface area (Å²) < 4.78 is 4.84. The number of hydrogen-bond donors (Lipinski definition) is 0. The molecular formula is C10H20O2. The first kappa shape index (κ1) is 11.6. The second kappa shape index (κ2) is 7.29. The quantitative estimate of drug-likeness (QED) is 0.589. The van der Waals surface area contributed by atoms with Gasteiger partial charge in [0.05, 0.1) is 6.61 Å². The van der Waals surface area contributed by atoms with Crippen molar-refractivity contribution < 1.29 is 9.53 Å². The van der Waals surface area contributed by atoms with Crippen LogP contribution in [0.5, 0.6) is 0 Å². The van der Waals surface area contributed by atoms with Crippen LogP contribution in [-0.2, 0) is 9.53 Å². The minimum Gasteiger partial charge on any atom is -0.384 e. The Morgan fingerprint density at radius 2 is 1.92 bits per heavy atom. The molecule has 2 heteroatoms. The highest BCUT2D eigenvalue weighted by Gasteiger charge is 2.09. The maximum Gasteiger partial charge on any atom is 0.135 e. The molecule has 0 rings (SSSR count). The van der Waals surface area contributed by atoms with Crippen molar-refractivity contribution in [3.8, 4) is 0 Å². The van der Waals surface area contributed by atoms with Crippen molar-refractivity contribution in [2.45, 2.75) is 39.5 Å². The van der Waals surface area contributed by atoms with Gasteiger partial charge in [0.25, 0.3) is 0 Å². The Morgan fingerprint density at radius 3 is 2.33 bits per heavy atom. The van der Waals surface area contributed by atoms with Crippen molar-refractivity contribution in [1.82, 2.24) is 0 Å². The molecule has 0 aromatic rings. The first-order valence-electron chi connectivity index (χ1n) is 4.75. The van der Waals surface area contributed by atoms with E-state index < -0.39 is 0 Å². The summed E-state index contributed by atoms with van der Waals surface area (Å²) in [5, 5.41) is 0. The molecule has 0 unspecified atom stereocenters. The lowest BCUT2D eigenvalue weighted by molar-refractivity contribution is -0.120. The second-order valence-corrected chi connectivity index (χ2v) is 3.17. The van der Waals surface area contributed by atoms with Crippen molar-refractivity contribution in [2.75, 3.05) is 13.7 Å². The summed E-state index contributed by atoms with van der Waals surface area (Å²) in [6.45, 7) is 4.84. The average molecular weight is 172 g/mol. The molecule has 0 atom stereocenters. The molecular weight excluding hydrogens is 152 g/mol. The average Bonchev–Trinajstić information content (AvgIpc) is 2.10. The van der Waals surface area contributed by atoms with Gasteiger partial charge in [-0.3, -0.25) is 4.79 Å². The minimum atomic E-state index is 0.338. The lowest BCUT2D eigenvalue weighted by atomic mass is 9.96. The van der Waals surface area contributed by atoms with Crippen molar-refractivity contribution in [1.29, 1.82) is 0 Å².